The molecule has 0 amide bonds. The molecule has 0 aliphatic rings. The van der Waals surface area contributed by atoms with Crippen molar-refractivity contribution in [2.75, 3.05) is 0 Å². The van der Waals surface area contributed by atoms with E-state index in [2.05, 4.69) is 0 Å². The predicted octanol–water partition coefficient (Wildman–Crippen LogP) is 13.5. The van der Waals surface area contributed by atoms with Gasteiger partial charge in [0.1, 0.15) is 0 Å². The number of hydrogen-bond donors (Lipinski definition) is 0. The highest BCUT2D eigenvalue weighted by Gasteiger charge is 2.36. The fourth-order valence-electron chi connectivity index (χ4n) is 7.35. The standard InChI is InChI=1S/C42H27F9N2/c1-22-4-11-29-31-13-7-25(40(43,44)45)18-38(31)52(36(29)16-22)27-9-6-24(3)33(20-27)34-21-28(10-15-35(34)42(49,50)51)53-37-17-23(2)5-12-30(37)32-14-8-26(19-39(32)53)41(46,47)48/h4-21H,1-3H3. The van der Waals surface area contributed by atoms with E-state index in [0.29, 0.717) is 43.8 Å². The highest BCUT2D eigenvalue weighted by molar-refractivity contribution is 6.11. The summed E-state index contributed by atoms with van der Waals surface area (Å²) in [4.78, 5) is 0. The second-order valence-electron chi connectivity index (χ2n) is 13.4. The van der Waals surface area contributed by atoms with Crippen LogP contribution in [-0.4, -0.2) is 9.13 Å². The molecule has 0 bridgehead atoms. The summed E-state index contributed by atoms with van der Waals surface area (Å²) in [6.45, 7) is 5.27. The number of hydrogen-bond acceptors (Lipinski definition) is 0. The number of benzene rings is 6. The zero-order valence-corrected chi connectivity index (χ0v) is 28.2. The number of rotatable bonds is 3. The van der Waals surface area contributed by atoms with Crippen molar-refractivity contribution in [3.05, 3.63) is 143 Å². The Morgan fingerprint density at radius 3 is 1.21 bits per heavy atom. The first-order chi connectivity index (χ1) is 24.9. The molecular formula is C42H27F9N2. The van der Waals surface area contributed by atoms with Crippen LogP contribution in [0.1, 0.15) is 33.4 Å². The van der Waals surface area contributed by atoms with E-state index in [0.717, 1.165) is 41.5 Å². The van der Waals surface area contributed by atoms with Crippen LogP contribution >= 0.6 is 0 Å². The van der Waals surface area contributed by atoms with Crippen LogP contribution in [-0.2, 0) is 18.5 Å². The van der Waals surface area contributed by atoms with E-state index in [1.807, 2.05) is 32.0 Å². The van der Waals surface area contributed by atoms with Crippen molar-refractivity contribution in [3.8, 4) is 22.5 Å². The maximum absolute atomic E-state index is 14.8. The van der Waals surface area contributed by atoms with Gasteiger partial charge in [-0.15, -0.1) is 0 Å². The number of halogens is 9. The van der Waals surface area contributed by atoms with Crippen LogP contribution in [0.25, 0.3) is 66.1 Å². The molecule has 2 nitrogen and oxygen atoms in total. The third kappa shape index (κ3) is 5.69. The van der Waals surface area contributed by atoms with Gasteiger partial charge in [-0.3, -0.25) is 0 Å². The van der Waals surface area contributed by atoms with Crippen LogP contribution in [0.5, 0.6) is 0 Å². The van der Waals surface area contributed by atoms with E-state index >= 15 is 0 Å². The van der Waals surface area contributed by atoms with Crippen LogP contribution in [0.4, 0.5) is 39.5 Å². The first kappa shape index (κ1) is 34.4. The molecule has 2 aromatic heterocycles. The highest BCUT2D eigenvalue weighted by atomic mass is 19.4. The smallest absolute Gasteiger partial charge is 0.309 e. The Hall–Kier alpha value is -5.71. The number of aromatic nitrogens is 2. The first-order valence-corrected chi connectivity index (χ1v) is 16.5. The number of alkyl halides is 9. The molecule has 8 rings (SSSR count). The molecule has 8 aromatic rings. The average molecular weight is 731 g/mol. The van der Waals surface area contributed by atoms with E-state index in [1.54, 1.807) is 41.8 Å². The van der Waals surface area contributed by atoms with Gasteiger partial charge in [0.15, 0.2) is 0 Å². The molecule has 0 saturated heterocycles. The van der Waals surface area contributed by atoms with Crippen LogP contribution < -0.4 is 0 Å². The van der Waals surface area contributed by atoms with Crippen molar-refractivity contribution in [2.24, 2.45) is 0 Å². The SMILES string of the molecule is Cc1ccc2c3ccc(C(F)(F)F)cc3n(-c3ccc(C)c(-c4cc(-n5c6cc(C)ccc6c6ccc(C(F)(F)F)cc65)ccc4C(F)(F)F)c3)c2c1. The van der Waals surface area contributed by atoms with Crippen molar-refractivity contribution in [1.29, 1.82) is 0 Å². The predicted molar refractivity (Wildman–Crippen MR) is 190 cm³/mol. The fourth-order valence-corrected chi connectivity index (χ4v) is 7.35. The number of nitrogens with zero attached hydrogens (tertiary/aromatic N) is 2. The average Bonchev–Trinajstić information content (AvgIpc) is 3.58. The third-order valence-electron chi connectivity index (χ3n) is 9.84. The molecular weight excluding hydrogens is 703 g/mol. The molecule has 0 fully saturated rings. The Bertz CT molecular complexity index is 2780. The summed E-state index contributed by atoms with van der Waals surface area (Å²) >= 11 is 0. The lowest BCUT2D eigenvalue weighted by molar-refractivity contribution is -0.138. The van der Waals surface area contributed by atoms with Gasteiger partial charge in [0.2, 0.25) is 0 Å². The molecule has 6 aromatic carbocycles. The van der Waals surface area contributed by atoms with Gasteiger partial charge in [-0.25, -0.2) is 0 Å². The molecule has 0 saturated carbocycles. The summed E-state index contributed by atoms with van der Waals surface area (Å²) in [5.41, 5.74) is 1.22. The topological polar surface area (TPSA) is 9.86 Å². The Morgan fingerprint density at radius 1 is 0.377 bits per heavy atom. The minimum absolute atomic E-state index is 0.152. The Kier molecular flexibility index (Phi) is 7.56. The Balaban J connectivity index is 1.42. The van der Waals surface area contributed by atoms with Gasteiger partial charge in [-0.05, 0) is 115 Å². The van der Waals surface area contributed by atoms with Crippen LogP contribution in [0.15, 0.2) is 109 Å². The van der Waals surface area contributed by atoms with Gasteiger partial charge in [0.25, 0.3) is 0 Å². The summed E-state index contributed by atoms with van der Waals surface area (Å²) in [7, 11) is 0. The zero-order chi connectivity index (χ0) is 37.8. The van der Waals surface area contributed by atoms with Crippen LogP contribution in [0.3, 0.4) is 0 Å². The lowest BCUT2D eigenvalue weighted by atomic mass is 9.94. The van der Waals surface area contributed by atoms with Crippen molar-refractivity contribution < 1.29 is 39.5 Å². The molecule has 0 aliphatic carbocycles. The molecule has 11 heteroatoms. The maximum Gasteiger partial charge on any atom is 0.417 e. The highest BCUT2D eigenvalue weighted by Crippen LogP contribution is 2.44. The summed E-state index contributed by atoms with van der Waals surface area (Å²) < 4.78 is 131. The van der Waals surface area contributed by atoms with Crippen LogP contribution in [0.2, 0.25) is 0 Å². The summed E-state index contributed by atoms with van der Waals surface area (Å²) in [6.07, 6.45) is -14.1. The molecule has 0 unspecified atom stereocenters. The van der Waals surface area contributed by atoms with E-state index in [9.17, 15) is 39.5 Å². The number of fused-ring (bicyclic) bond motifs is 6. The van der Waals surface area contributed by atoms with E-state index in [4.69, 9.17) is 0 Å². The first-order valence-electron chi connectivity index (χ1n) is 16.5. The van der Waals surface area contributed by atoms with Crippen molar-refractivity contribution in [1.82, 2.24) is 9.13 Å². The van der Waals surface area contributed by atoms with Gasteiger partial charge in [0, 0.05) is 32.9 Å². The van der Waals surface area contributed by atoms with Gasteiger partial charge < -0.3 is 9.13 Å². The third-order valence-corrected chi connectivity index (χ3v) is 9.84. The van der Waals surface area contributed by atoms with Gasteiger partial charge in [0.05, 0.1) is 38.8 Å². The molecule has 0 N–H and O–H groups in total. The van der Waals surface area contributed by atoms with Gasteiger partial charge in [-0.1, -0.05) is 42.5 Å². The lowest BCUT2D eigenvalue weighted by Gasteiger charge is -2.19. The summed E-state index contributed by atoms with van der Waals surface area (Å²) in [5, 5.41) is 2.32. The zero-order valence-electron chi connectivity index (χ0n) is 28.2. The summed E-state index contributed by atoms with van der Waals surface area (Å²) in [6, 6.07) is 25.8. The minimum atomic E-state index is -4.83. The monoisotopic (exact) mass is 730 g/mol. The molecule has 2 heterocycles. The van der Waals surface area contributed by atoms with Crippen molar-refractivity contribution in [3.63, 3.8) is 0 Å². The molecule has 0 radical (unpaired) electrons. The van der Waals surface area contributed by atoms with Gasteiger partial charge >= 0.3 is 18.5 Å². The Morgan fingerprint density at radius 2 is 0.774 bits per heavy atom. The fraction of sp³-hybridized carbons (Fsp3) is 0.143. The quantitative estimate of drug-likeness (QED) is 0.160. The number of aryl methyl sites for hydroxylation is 3. The largest absolute Gasteiger partial charge is 0.417 e. The van der Waals surface area contributed by atoms with Crippen molar-refractivity contribution in [2.45, 2.75) is 39.3 Å². The Labute approximate surface area is 296 Å². The van der Waals surface area contributed by atoms with Crippen LogP contribution in [0, 0.1) is 20.8 Å². The molecule has 268 valence electrons. The molecule has 0 spiro atoms. The molecule has 0 aliphatic heterocycles. The lowest BCUT2D eigenvalue weighted by Crippen LogP contribution is -2.09. The molecule has 0 atom stereocenters. The van der Waals surface area contributed by atoms with E-state index in [1.165, 1.54) is 34.9 Å². The second-order valence-corrected chi connectivity index (χ2v) is 13.4. The van der Waals surface area contributed by atoms with E-state index in [-0.39, 0.29) is 27.8 Å². The molecule has 53 heavy (non-hydrogen) atoms. The van der Waals surface area contributed by atoms with E-state index < -0.39 is 35.2 Å². The minimum Gasteiger partial charge on any atom is -0.309 e. The maximum atomic E-state index is 14.8. The second kappa shape index (κ2) is 11.6. The van der Waals surface area contributed by atoms with Gasteiger partial charge in [-0.2, -0.15) is 39.5 Å². The summed E-state index contributed by atoms with van der Waals surface area (Å²) in [5.74, 6) is 0. The normalized spacial score (nSPS) is 12.9. The van der Waals surface area contributed by atoms with Crippen molar-refractivity contribution >= 4 is 43.6 Å².